The van der Waals surface area contributed by atoms with Crippen LogP contribution in [0.25, 0.3) is 6.08 Å². The molecule has 20 heavy (non-hydrogen) atoms. The maximum absolute atomic E-state index is 11.8. The number of hydrogen-bond acceptors (Lipinski definition) is 2. The molecule has 0 heterocycles. The number of rotatable bonds is 3. The van der Waals surface area contributed by atoms with Gasteiger partial charge in [0.1, 0.15) is 5.75 Å². The molecule has 0 saturated heterocycles. The quantitative estimate of drug-likeness (QED) is 0.628. The van der Waals surface area contributed by atoms with Crippen molar-refractivity contribution in [1.82, 2.24) is 0 Å². The number of carbonyl (C=O) groups excluding carboxylic acids is 1. The Morgan fingerprint density at radius 2 is 1.65 bits per heavy atom. The van der Waals surface area contributed by atoms with Gasteiger partial charge in [-0.2, -0.15) is 0 Å². The molecule has 0 bridgehead atoms. The minimum absolute atomic E-state index is 0.00274. The molecule has 2 aromatic rings. The van der Waals surface area contributed by atoms with Crippen molar-refractivity contribution in [2.24, 2.45) is 0 Å². The first-order chi connectivity index (χ1) is 9.66. The molecule has 0 radical (unpaired) electrons. The lowest BCUT2D eigenvalue weighted by Gasteiger charge is -1.99. The van der Waals surface area contributed by atoms with Crippen LogP contribution >= 0.6 is 15.9 Å². The summed E-state index contributed by atoms with van der Waals surface area (Å²) in [6.45, 7) is 4.00. The van der Waals surface area contributed by atoms with E-state index in [-0.39, 0.29) is 11.5 Å². The summed E-state index contributed by atoms with van der Waals surface area (Å²) in [7, 11) is 0. The van der Waals surface area contributed by atoms with Crippen LogP contribution in [0.3, 0.4) is 0 Å². The molecule has 0 spiro atoms. The standard InChI is InChI=1S/C15H11BrO2.C2H6/c16-12-8-5-11(6-9-12)7-10-15(18)13-3-1-2-4-14(13)17;1-2/h1-10,17H;1-2H3/b10-7+;. The Morgan fingerprint density at radius 3 is 2.25 bits per heavy atom. The van der Waals surface area contributed by atoms with Crippen molar-refractivity contribution < 1.29 is 9.90 Å². The summed E-state index contributed by atoms with van der Waals surface area (Å²) in [6.07, 6.45) is 3.18. The Balaban J connectivity index is 0.000000956. The summed E-state index contributed by atoms with van der Waals surface area (Å²) in [4.78, 5) is 11.8. The van der Waals surface area contributed by atoms with Gasteiger partial charge in [-0.25, -0.2) is 0 Å². The third-order valence-corrected chi connectivity index (χ3v) is 3.00. The Hall–Kier alpha value is -1.87. The lowest BCUT2D eigenvalue weighted by Crippen LogP contribution is -1.94. The molecular weight excluding hydrogens is 316 g/mol. The van der Waals surface area contributed by atoms with E-state index in [2.05, 4.69) is 15.9 Å². The number of phenolic OH excluding ortho intramolecular Hbond substituents is 1. The number of ketones is 1. The molecule has 0 aromatic heterocycles. The highest BCUT2D eigenvalue weighted by atomic mass is 79.9. The van der Waals surface area contributed by atoms with Crippen LogP contribution in [-0.2, 0) is 0 Å². The molecule has 2 nitrogen and oxygen atoms in total. The molecule has 2 rings (SSSR count). The third-order valence-electron chi connectivity index (χ3n) is 2.47. The molecule has 0 aliphatic carbocycles. The summed E-state index contributed by atoms with van der Waals surface area (Å²) in [5.41, 5.74) is 1.24. The van der Waals surface area contributed by atoms with Gasteiger partial charge in [0.2, 0.25) is 0 Å². The van der Waals surface area contributed by atoms with Crippen LogP contribution in [0, 0.1) is 0 Å². The molecule has 1 N–H and O–H groups in total. The highest BCUT2D eigenvalue weighted by molar-refractivity contribution is 9.10. The minimum Gasteiger partial charge on any atom is -0.507 e. The van der Waals surface area contributed by atoms with Crippen LogP contribution in [-0.4, -0.2) is 10.9 Å². The molecule has 0 aliphatic rings. The fourth-order valence-corrected chi connectivity index (χ4v) is 1.78. The van der Waals surface area contributed by atoms with Gasteiger partial charge in [-0.15, -0.1) is 0 Å². The van der Waals surface area contributed by atoms with Crippen molar-refractivity contribution in [2.75, 3.05) is 0 Å². The van der Waals surface area contributed by atoms with Gasteiger partial charge < -0.3 is 5.11 Å². The van der Waals surface area contributed by atoms with Crippen molar-refractivity contribution >= 4 is 27.8 Å². The molecule has 0 aliphatic heterocycles. The molecule has 0 fully saturated rings. The molecule has 2 aromatic carbocycles. The van der Waals surface area contributed by atoms with Gasteiger partial charge in [-0.1, -0.05) is 60.1 Å². The Morgan fingerprint density at radius 1 is 1.05 bits per heavy atom. The average molecular weight is 333 g/mol. The molecule has 0 amide bonds. The molecule has 0 atom stereocenters. The van der Waals surface area contributed by atoms with Crippen molar-refractivity contribution in [3.05, 3.63) is 70.2 Å². The Labute approximate surface area is 127 Å². The summed E-state index contributed by atoms with van der Waals surface area (Å²) in [5, 5.41) is 9.55. The fourth-order valence-electron chi connectivity index (χ4n) is 1.52. The van der Waals surface area contributed by atoms with E-state index in [1.165, 1.54) is 12.1 Å². The molecule has 104 valence electrons. The number of phenols is 1. The van der Waals surface area contributed by atoms with Gasteiger partial charge in [0.05, 0.1) is 5.56 Å². The number of para-hydroxylation sites is 1. The van der Waals surface area contributed by atoms with E-state index in [1.54, 1.807) is 24.3 Å². The van der Waals surface area contributed by atoms with Gasteiger partial charge in [0, 0.05) is 4.47 Å². The van der Waals surface area contributed by atoms with E-state index in [1.807, 2.05) is 38.1 Å². The van der Waals surface area contributed by atoms with Crippen LogP contribution in [0.5, 0.6) is 5.75 Å². The SMILES string of the molecule is CC.O=C(/C=C/c1ccc(Br)cc1)c1ccccc1O. The van der Waals surface area contributed by atoms with E-state index in [9.17, 15) is 9.90 Å². The lowest BCUT2D eigenvalue weighted by molar-refractivity contribution is 0.104. The fraction of sp³-hybridized carbons (Fsp3) is 0.118. The van der Waals surface area contributed by atoms with Gasteiger partial charge >= 0.3 is 0 Å². The first-order valence-corrected chi connectivity index (χ1v) is 7.22. The third kappa shape index (κ3) is 4.67. The van der Waals surface area contributed by atoms with Crippen LogP contribution in [0.1, 0.15) is 29.8 Å². The number of hydrogen-bond donors (Lipinski definition) is 1. The first kappa shape index (κ1) is 16.2. The molecule has 3 heteroatoms. The van der Waals surface area contributed by atoms with E-state index >= 15 is 0 Å². The highest BCUT2D eigenvalue weighted by Crippen LogP contribution is 2.17. The minimum atomic E-state index is -0.212. The van der Waals surface area contributed by atoms with Gasteiger partial charge in [-0.3, -0.25) is 4.79 Å². The van der Waals surface area contributed by atoms with E-state index in [0.29, 0.717) is 5.56 Å². The Bertz CT molecular complexity index is 586. The molecule has 0 saturated carbocycles. The van der Waals surface area contributed by atoms with E-state index in [0.717, 1.165) is 10.0 Å². The number of benzene rings is 2. The number of allylic oxidation sites excluding steroid dienone is 1. The highest BCUT2D eigenvalue weighted by Gasteiger charge is 2.06. The lowest BCUT2D eigenvalue weighted by atomic mass is 10.1. The van der Waals surface area contributed by atoms with Crippen molar-refractivity contribution in [2.45, 2.75) is 13.8 Å². The van der Waals surface area contributed by atoms with Gasteiger partial charge in [0.15, 0.2) is 5.78 Å². The first-order valence-electron chi connectivity index (χ1n) is 6.43. The second-order valence-electron chi connectivity index (χ2n) is 3.77. The zero-order chi connectivity index (χ0) is 15.0. The van der Waals surface area contributed by atoms with Crippen molar-refractivity contribution in [3.8, 4) is 5.75 Å². The summed E-state index contributed by atoms with van der Waals surface area (Å²) in [5.74, 6) is -0.209. The van der Waals surface area contributed by atoms with Crippen molar-refractivity contribution in [3.63, 3.8) is 0 Å². The summed E-state index contributed by atoms with van der Waals surface area (Å²) in [6, 6.07) is 14.1. The van der Waals surface area contributed by atoms with Gasteiger partial charge in [0.25, 0.3) is 0 Å². The predicted octanol–water partition coefficient (Wildman–Crippen LogP) is 5.08. The number of aromatic hydroxyl groups is 1. The zero-order valence-electron chi connectivity index (χ0n) is 11.5. The second-order valence-corrected chi connectivity index (χ2v) is 4.68. The normalized spacial score (nSPS) is 9.95. The topological polar surface area (TPSA) is 37.3 Å². The predicted molar refractivity (Wildman–Crippen MR) is 87.0 cm³/mol. The maximum Gasteiger partial charge on any atom is 0.189 e. The largest absolute Gasteiger partial charge is 0.507 e. The number of carbonyl (C=O) groups is 1. The molecule has 0 unspecified atom stereocenters. The Kier molecular flexibility index (Phi) is 6.74. The van der Waals surface area contributed by atoms with Crippen molar-refractivity contribution in [1.29, 1.82) is 0 Å². The average Bonchev–Trinajstić information content (AvgIpc) is 2.49. The van der Waals surface area contributed by atoms with Crippen LogP contribution in [0.4, 0.5) is 0 Å². The maximum atomic E-state index is 11.8. The van der Waals surface area contributed by atoms with Crippen LogP contribution < -0.4 is 0 Å². The second kappa shape index (κ2) is 8.33. The number of halogens is 1. The van der Waals surface area contributed by atoms with Gasteiger partial charge in [-0.05, 0) is 35.9 Å². The zero-order valence-corrected chi connectivity index (χ0v) is 13.1. The van der Waals surface area contributed by atoms with E-state index in [4.69, 9.17) is 0 Å². The summed E-state index contributed by atoms with van der Waals surface area (Å²) < 4.78 is 0.992. The summed E-state index contributed by atoms with van der Waals surface area (Å²) >= 11 is 3.35. The molecular formula is C17H17BrO2. The van der Waals surface area contributed by atoms with Crippen LogP contribution in [0.2, 0.25) is 0 Å². The smallest absolute Gasteiger partial charge is 0.189 e. The van der Waals surface area contributed by atoms with Crippen LogP contribution in [0.15, 0.2) is 59.1 Å². The van der Waals surface area contributed by atoms with E-state index < -0.39 is 0 Å². The monoisotopic (exact) mass is 332 g/mol.